The smallest absolute Gasteiger partial charge is 0.338 e. The number of piperazine rings is 1. The van der Waals surface area contributed by atoms with Crippen LogP contribution in [0.4, 0.5) is 0 Å². The van der Waals surface area contributed by atoms with Crippen molar-refractivity contribution in [3.05, 3.63) is 71.3 Å². The van der Waals surface area contributed by atoms with Gasteiger partial charge in [0.15, 0.2) is 6.61 Å². The van der Waals surface area contributed by atoms with Gasteiger partial charge in [-0.1, -0.05) is 30.3 Å². The second-order valence-corrected chi connectivity index (χ2v) is 6.77. The SMILES string of the molecule is C[C@H](c1ccccc1)N1CCN(C(=O)COC(=O)c2ccc(C#N)cc2)CC1. The zero-order valence-corrected chi connectivity index (χ0v) is 15.9. The second kappa shape index (κ2) is 9.16. The molecular formula is C22H23N3O3. The van der Waals surface area contributed by atoms with Crippen molar-refractivity contribution in [1.82, 2.24) is 9.80 Å². The molecule has 1 aliphatic rings. The van der Waals surface area contributed by atoms with E-state index in [1.807, 2.05) is 24.3 Å². The first kappa shape index (κ1) is 19.6. The molecule has 1 saturated heterocycles. The van der Waals surface area contributed by atoms with Crippen LogP contribution in [0.3, 0.4) is 0 Å². The van der Waals surface area contributed by atoms with Gasteiger partial charge in [-0.05, 0) is 36.8 Å². The Bertz CT molecular complexity index is 851. The van der Waals surface area contributed by atoms with Gasteiger partial charge in [-0.25, -0.2) is 4.79 Å². The molecule has 6 nitrogen and oxygen atoms in total. The van der Waals surface area contributed by atoms with Crippen LogP contribution >= 0.6 is 0 Å². The number of carbonyl (C=O) groups is 2. The first-order valence-corrected chi connectivity index (χ1v) is 9.32. The molecule has 0 aromatic heterocycles. The maximum atomic E-state index is 12.4. The summed E-state index contributed by atoms with van der Waals surface area (Å²) in [4.78, 5) is 28.5. The van der Waals surface area contributed by atoms with E-state index in [0.29, 0.717) is 30.3 Å². The molecule has 0 N–H and O–H groups in total. The van der Waals surface area contributed by atoms with Crippen LogP contribution in [0, 0.1) is 11.3 Å². The minimum atomic E-state index is -0.561. The van der Waals surface area contributed by atoms with Gasteiger partial charge in [-0.15, -0.1) is 0 Å². The summed E-state index contributed by atoms with van der Waals surface area (Å²) in [7, 11) is 0. The molecular weight excluding hydrogens is 354 g/mol. The summed E-state index contributed by atoms with van der Waals surface area (Å²) in [5.41, 5.74) is 2.06. The summed E-state index contributed by atoms with van der Waals surface area (Å²) >= 11 is 0. The van der Waals surface area contributed by atoms with Crippen molar-refractivity contribution in [2.24, 2.45) is 0 Å². The molecule has 2 aromatic rings. The van der Waals surface area contributed by atoms with E-state index in [1.165, 1.54) is 17.7 Å². The molecule has 1 fully saturated rings. The Morgan fingerprint density at radius 3 is 2.29 bits per heavy atom. The summed E-state index contributed by atoms with van der Waals surface area (Å²) in [5.74, 6) is -0.747. The van der Waals surface area contributed by atoms with Crippen molar-refractivity contribution in [1.29, 1.82) is 5.26 Å². The van der Waals surface area contributed by atoms with E-state index in [2.05, 4.69) is 24.0 Å². The highest BCUT2D eigenvalue weighted by atomic mass is 16.5. The Balaban J connectivity index is 1.46. The second-order valence-electron chi connectivity index (χ2n) is 6.77. The number of nitriles is 1. The fraction of sp³-hybridized carbons (Fsp3) is 0.318. The predicted octanol–water partition coefficient (Wildman–Crippen LogP) is 2.62. The van der Waals surface area contributed by atoms with Gasteiger partial charge in [0.25, 0.3) is 5.91 Å². The topological polar surface area (TPSA) is 73.6 Å². The number of hydrogen-bond acceptors (Lipinski definition) is 5. The van der Waals surface area contributed by atoms with Gasteiger partial charge in [-0.2, -0.15) is 5.26 Å². The molecule has 2 aromatic carbocycles. The largest absolute Gasteiger partial charge is 0.452 e. The number of carbonyl (C=O) groups excluding carboxylic acids is 2. The van der Waals surface area contributed by atoms with Gasteiger partial charge >= 0.3 is 5.97 Å². The molecule has 1 atom stereocenters. The standard InChI is InChI=1S/C22H23N3O3/c1-17(19-5-3-2-4-6-19)24-11-13-25(14-12-24)21(26)16-28-22(27)20-9-7-18(15-23)8-10-20/h2-10,17H,11-14,16H2,1H3/t17-/m1/s1. The van der Waals surface area contributed by atoms with E-state index < -0.39 is 5.97 Å². The third kappa shape index (κ3) is 4.76. The highest BCUT2D eigenvalue weighted by Crippen LogP contribution is 2.21. The number of benzene rings is 2. The first-order chi connectivity index (χ1) is 13.6. The molecule has 6 heteroatoms. The molecule has 1 aliphatic heterocycles. The number of rotatable bonds is 5. The Morgan fingerprint density at radius 2 is 1.68 bits per heavy atom. The molecule has 1 amide bonds. The van der Waals surface area contributed by atoms with Crippen LogP contribution in [0.5, 0.6) is 0 Å². The molecule has 0 aliphatic carbocycles. The lowest BCUT2D eigenvalue weighted by atomic mass is 10.1. The normalized spacial score (nSPS) is 15.5. The molecule has 3 rings (SSSR count). The number of esters is 1. The summed E-state index contributed by atoms with van der Waals surface area (Å²) in [6.45, 7) is 4.70. The Labute approximate surface area is 164 Å². The Kier molecular flexibility index (Phi) is 6.41. The first-order valence-electron chi connectivity index (χ1n) is 9.32. The van der Waals surface area contributed by atoms with Gasteiger partial charge in [0.05, 0.1) is 17.2 Å². The van der Waals surface area contributed by atoms with Crippen LogP contribution in [0.2, 0.25) is 0 Å². The minimum absolute atomic E-state index is 0.186. The highest BCUT2D eigenvalue weighted by molar-refractivity contribution is 5.91. The molecule has 0 unspecified atom stereocenters. The van der Waals surface area contributed by atoms with E-state index in [4.69, 9.17) is 10.00 Å². The van der Waals surface area contributed by atoms with Crippen LogP contribution in [-0.2, 0) is 9.53 Å². The fourth-order valence-corrected chi connectivity index (χ4v) is 3.28. The Morgan fingerprint density at radius 1 is 1.04 bits per heavy atom. The highest BCUT2D eigenvalue weighted by Gasteiger charge is 2.25. The van der Waals surface area contributed by atoms with Gasteiger partial charge in [0.1, 0.15) is 0 Å². The summed E-state index contributed by atoms with van der Waals surface area (Å²) in [5, 5.41) is 8.79. The van der Waals surface area contributed by atoms with Gasteiger partial charge < -0.3 is 9.64 Å². The molecule has 1 heterocycles. The van der Waals surface area contributed by atoms with Crippen LogP contribution in [-0.4, -0.2) is 54.5 Å². The van der Waals surface area contributed by atoms with Crippen molar-refractivity contribution in [3.8, 4) is 6.07 Å². The molecule has 0 radical (unpaired) electrons. The molecule has 0 spiro atoms. The van der Waals surface area contributed by atoms with E-state index in [1.54, 1.807) is 17.0 Å². The van der Waals surface area contributed by atoms with Crippen molar-refractivity contribution < 1.29 is 14.3 Å². The number of ether oxygens (including phenoxy) is 1. The van der Waals surface area contributed by atoms with E-state index in [9.17, 15) is 9.59 Å². The number of amides is 1. The van der Waals surface area contributed by atoms with Gasteiger partial charge in [0, 0.05) is 32.2 Å². The van der Waals surface area contributed by atoms with E-state index >= 15 is 0 Å². The lowest BCUT2D eigenvalue weighted by Crippen LogP contribution is -2.50. The van der Waals surface area contributed by atoms with Crippen LogP contribution in [0.25, 0.3) is 0 Å². The third-order valence-electron chi connectivity index (χ3n) is 5.07. The summed E-state index contributed by atoms with van der Waals surface area (Å²) in [6.07, 6.45) is 0. The quantitative estimate of drug-likeness (QED) is 0.749. The van der Waals surface area contributed by atoms with Crippen molar-refractivity contribution in [2.75, 3.05) is 32.8 Å². The van der Waals surface area contributed by atoms with E-state index in [-0.39, 0.29) is 12.5 Å². The Hall–Kier alpha value is -3.17. The zero-order valence-electron chi connectivity index (χ0n) is 15.9. The molecule has 28 heavy (non-hydrogen) atoms. The third-order valence-corrected chi connectivity index (χ3v) is 5.07. The fourth-order valence-electron chi connectivity index (χ4n) is 3.28. The van der Waals surface area contributed by atoms with Crippen molar-refractivity contribution in [2.45, 2.75) is 13.0 Å². The molecule has 0 saturated carbocycles. The lowest BCUT2D eigenvalue weighted by molar-refractivity contribution is -0.136. The maximum Gasteiger partial charge on any atom is 0.338 e. The predicted molar refractivity (Wildman–Crippen MR) is 104 cm³/mol. The van der Waals surface area contributed by atoms with Crippen LogP contribution in [0.1, 0.15) is 34.5 Å². The average molecular weight is 377 g/mol. The monoisotopic (exact) mass is 377 g/mol. The zero-order chi connectivity index (χ0) is 19.9. The summed E-state index contributed by atoms with van der Waals surface area (Å²) < 4.78 is 5.13. The number of hydrogen-bond donors (Lipinski definition) is 0. The maximum absolute atomic E-state index is 12.4. The average Bonchev–Trinajstić information content (AvgIpc) is 2.77. The van der Waals surface area contributed by atoms with Gasteiger partial charge in [-0.3, -0.25) is 9.69 Å². The van der Waals surface area contributed by atoms with Crippen LogP contribution in [0.15, 0.2) is 54.6 Å². The summed E-state index contributed by atoms with van der Waals surface area (Å²) in [6, 6.07) is 18.7. The van der Waals surface area contributed by atoms with Crippen molar-refractivity contribution in [3.63, 3.8) is 0 Å². The van der Waals surface area contributed by atoms with Crippen LogP contribution < -0.4 is 0 Å². The lowest BCUT2D eigenvalue weighted by Gasteiger charge is -2.38. The molecule has 0 bridgehead atoms. The van der Waals surface area contributed by atoms with Crippen molar-refractivity contribution >= 4 is 11.9 Å². The molecule has 144 valence electrons. The number of nitrogens with zero attached hydrogens (tertiary/aromatic N) is 3. The van der Waals surface area contributed by atoms with E-state index in [0.717, 1.165) is 13.1 Å². The van der Waals surface area contributed by atoms with Gasteiger partial charge in [0.2, 0.25) is 0 Å². The minimum Gasteiger partial charge on any atom is -0.452 e.